The summed E-state index contributed by atoms with van der Waals surface area (Å²) >= 11 is 0. The number of rotatable bonds is 6. The molecule has 2 aliphatic rings. The molecule has 1 aliphatic heterocycles. The van der Waals surface area contributed by atoms with Gasteiger partial charge in [-0.05, 0) is 55.5 Å². The SMILES string of the molecule is COc1ccc([C@@]23CC[C@@H](NC(=O)Nc4ccc(F)c(F)c4)C[C@@H]2N(C(=O)CN)CC3)cc1OC. The number of amides is 3. The van der Waals surface area contributed by atoms with E-state index in [1.165, 1.54) is 6.07 Å². The summed E-state index contributed by atoms with van der Waals surface area (Å²) in [6.07, 6.45) is 2.72. The van der Waals surface area contributed by atoms with Crippen molar-refractivity contribution in [3.63, 3.8) is 0 Å². The van der Waals surface area contributed by atoms with E-state index in [-0.39, 0.29) is 35.6 Å². The summed E-state index contributed by atoms with van der Waals surface area (Å²) in [5, 5.41) is 5.46. The van der Waals surface area contributed by atoms with E-state index in [0.717, 1.165) is 30.5 Å². The van der Waals surface area contributed by atoms with Crippen LogP contribution in [0.4, 0.5) is 19.3 Å². The number of nitrogens with one attached hydrogen (secondary N) is 2. The van der Waals surface area contributed by atoms with Gasteiger partial charge in [-0.3, -0.25) is 4.79 Å². The van der Waals surface area contributed by atoms with Gasteiger partial charge in [-0.1, -0.05) is 6.07 Å². The molecule has 0 spiro atoms. The molecule has 188 valence electrons. The molecule has 8 nitrogen and oxygen atoms in total. The number of fused-ring (bicyclic) bond motifs is 1. The average molecular weight is 489 g/mol. The van der Waals surface area contributed by atoms with Crippen molar-refractivity contribution < 1.29 is 27.8 Å². The number of urea groups is 1. The molecule has 2 aromatic carbocycles. The Balaban J connectivity index is 1.55. The van der Waals surface area contributed by atoms with Crippen molar-refractivity contribution in [3.8, 4) is 11.5 Å². The van der Waals surface area contributed by atoms with Gasteiger partial charge in [0.25, 0.3) is 0 Å². The van der Waals surface area contributed by atoms with Gasteiger partial charge in [-0.2, -0.15) is 0 Å². The first kappa shape index (κ1) is 24.7. The van der Waals surface area contributed by atoms with Crippen LogP contribution in [0.3, 0.4) is 0 Å². The van der Waals surface area contributed by atoms with E-state index >= 15 is 0 Å². The number of carbonyl (C=O) groups excluding carboxylic acids is 2. The largest absolute Gasteiger partial charge is 0.493 e. The molecule has 2 aromatic rings. The van der Waals surface area contributed by atoms with Gasteiger partial charge in [0.1, 0.15) is 0 Å². The van der Waals surface area contributed by atoms with Crippen molar-refractivity contribution in [1.82, 2.24) is 10.2 Å². The zero-order valence-electron chi connectivity index (χ0n) is 19.8. The van der Waals surface area contributed by atoms with E-state index in [4.69, 9.17) is 15.2 Å². The van der Waals surface area contributed by atoms with E-state index in [0.29, 0.717) is 30.9 Å². The highest BCUT2D eigenvalue weighted by Gasteiger charge is 2.53. The van der Waals surface area contributed by atoms with E-state index in [2.05, 4.69) is 10.6 Å². The fourth-order valence-electron chi connectivity index (χ4n) is 5.50. The number of benzene rings is 2. The fraction of sp³-hybridized carbons (Fsp3) is 0.440. The highest BCUT2D eigenvalue weighted by Crippen LogP contribution is 2.50. The Kier molecular flexibility index (Phi) is 7.11. The molecule has 0 aromatic heterocycles. The molecule has 10 heteroatoms. The Morgan fingerprint density at radius 2 is 1.86 bits per heavy atom. The number of nitrogens with zero attached hydrogens (tertiary/aromatic N) is 1. The van der Waals surface area contributed by atoms with Crippen LogP contribution in [0.5, 0.6) is 11.5 Å². The van der Waals surface area contributed by atoms with Crippen LogP contribution in [-0.4, -0.2) is 56.2 Å². The van der Waals surface area contributed by atoms with E-state index in [9.17, 15) is 18.4 Å². The van der Waals surface area contributed by atoms with Gasteiger partial charge < -0.3 is 30.7 Å². The molecule has 1 heterocycles. The maximum Gasteiger partial charge on any atom is 0.319 e. The molecule has 1 aliphatic carbocycles. The topological polar surface area (TPSA) is 106 Å². The molecule has 35 heavy (non-hydrogen) atoms. The van der Waals surface area contributed by atoms with Crippen molar-refractivity contribution in [2.24, 2.45) is 5.73 Å². The van der Waals surface area contributed by atoms with Crippen LogP contribution < -0.4 is 25.8 Å². The Hall–Kier alpha value is -3.40. The summed E-state index contributed by atoms with van der Waals surface area (Å²) in [6.45, 7) is 0.482. The van der Waals surface area contributed by atoms with Crippen LogP contribution in [0.15, 0.2) is 36.4 Å². The fourth-order valence-corrected chi connectivity index (χ4v) is 5.50. The van der Waals surface area contributed by atoms with Gasteiger partial charge in [0.15, 0.2) is 23.1 Å². The van der Waals surface area contributed by atoms with Crippen molar-refractivity contribution in [2.45, 2.75) is 43.2 Å². The van der Waals surface area contributed by atoms with Gasteiger partial charge in [-0.25, -0.2) is 13.6 Å². The predicted octanol–water partition coefficient (Wildman–Crippen LogP) is 3.15. The molecule has 0 unspecified atom stereocenters. The first-order valence-electron chi connectivity index (χ1n) is 11.6. The summed E-state index contributed by atoms with van der Waals surface area (Å²) in [5.41, 5.74) is 6.60. The Morgan fingerprint density at radius 1 is 1.09 bits per heavy atom. The highest BCUT2D eigenvalue weighted by molar-refractivity contribution is 5.89. The van der Waals surface area contributed by atoms with Crippen LogP contribution >= 0.6 is 0 Å². The summed E-state index contributed by atoms with van der Waals surface area (Å²) in [7, 11) is 3.17. The minimum atomic E-state index is -1.04. The number of hydrogen-bond donors (Lipinski definition) is 3. The minimum absolute atomic E-state index is 0.0901. The molecule has 4 N–H and O–H groups in total. The lowest BCUT2D eigenvalue weighted by Gasteiger charge is -2.45. The monoisotopic (exact) mass is 488 g/mol. The van der Waals surface area contributed by atoms with Gasteiger partial charge in [0, 0.05) is 35.8 Å². The maximum absolute atomic E-state index is 13.5. The minimum Gasteiger partial charge on any atom is -0.493 e. The average Bonchev–Trinajstić information content (AvgIpc) is 3.25. The lowest BCUT2D eigenvalue weighted by Crippen LogP contribution is -2.54. The summed E-state index contributed by atoms with van der Waals surface area (Å²) in [4.78, 5) is 27.1. The van der Waals surface area contributed by atoms with Gasteiger partial charge in [0.05, 0.1) is 20.8 Å². The van der Waals surface area contributed by atoms with Gasteiger partial charge >= 0.3 is 6.03 Å². The molecule has 1 saturated heterocycles. The van der Waals surface area contributed by atoms with Crippen LogP contribution in [0.2, 0.25) is 0 Å². The number of anilines is 1. The number of carbonyl (C=O) groups is 2. The molecule has 3 amide bonds. The van der Waals surface area contributed by atoms with E-state index < -0.39 is 17.7 Å². The summed E-state index contributed by atoms with van der Waals surface area (Å²) in [6, 6.07) is 8.11. The number of hydrogen-bond acceptors (Lipinski definition) is 5. The second-order valence-corrected chi connectivity index (χ2v) is 8.98. The third-order valence-electron chi connectivity index (χ3n) is 7.23. The molecule has 2 fully saturated rings. The number of nitrogens with two attached hydrogens (primary N) is 1. The first-order chi connectivity index (χ1) is 16.8. The standard InChI is InChI=1S/C25H30F2N4O4/c1-34-20-6-3-15(11-21(20)35-2)25-8-7-17(13-22(25)31(10-9-25)23(32)14-28)30-24(33)29-16-4-5-18(26)19(27)12-16/h3-6,11-12,17,22H,7-10,13-14,28H2,1-2H3,(H2,29,30,33)/t17-,22+,25+/m1/s1. The molecular formula is C25H30F2N4O4. The number of likely N-dealkylation sites (tertiary alicyclic amines) is 1. The zero-order valence-corrected chi connectivity index (χ0v) is 19.8. The molecule has 1 saturated carbocycles. The lowest BCUT2D eigenvalue weighted by atomic mass is 9.65. The summed E-state index contributed by atoms with van der Waals surface area (Å²) in [5.74, 6) is -0.916. The second kappa shape index (κ2) is 10.1. The number of methoxy groups -OCH3 is 2. The Bertz CT molecular complexity index is 1110. The highest BCUT2D eigenvalue weighted by atomic mass is 19.2. The van der Waals surface area contributed by atoms with Crippen LogP contribution in [0.1, 0.15) is 31.2 Å². The van der Waals surface area contributed by atoms with Crippen molar-refractivity contribution in [2.75, 3.05) is 32.6 Å². The second-order valence-electron chi connectivity index (χ2n) is 8.98. The first-order valence-corrected chi connectivity index (χ1v) is 11.6. The Morgan fingerprint density at radius 3 is 2.54 bits per heavy atom. The molecular weight excluding hydrogens is 458 g/mol. The lowest BCUT2D eigenvalue weighted by molar-refractivity contribution is -0.131. The van der Waals surface area contributed by atoms with E-state index in [1.54, 1.807) is 14.2 Å². The zero-order chi connectivity index (χ0) is 25.2. The van der Waals surface area contributed by atoms with Gasteiger partial charge in [0.2, 0.25) is 5.91 Å². The maximum atomic E-state index is 13.5. The smallest absolute Gasteiger partial charge is 0.319 e. The Labute approximate surface area is 202 Å². The predicted molar refractivity (Wildman–Crippen MR) is 127 cm³/mol. The van der Waals surface area contributed by atoms with Crippen molar-refractivity contribution >= 4 is 17.6 Å². The normalized spacial score (nSPS) is 23.4. The molecule has 3 atom stereocenters. The number of halogens is 2. The third kappa shape index (κ3) is 4.75. The third-order valence-corrected chi connectivity index (χ3v) is 7.23. The molecule has 0 radical (unpaired) electrons. The van der Waals surface area contributed by atoms with Crippen LogP contribution in [0, 0.1) is 11.6 Å². The van der Waals surface area contributed by atoms with Crippen molar-refractivity contribution in [1.29, 1.82) is 0 Å². The molecule has 0 bridgehead atoms. The van der Waals surface area contributed by atoms with Crippen LogP contribution in [-0.2, 0) is 10.2 Å². The summed E-state index contributed by atoms with van der Waals surface area (Å²) < 4.78 is 37.5. The quantitative estimate of drug-likeness (QED) is 0.579. The van der Waals surface area contributed by atoms with Crippen LogP contribution in [0.25, 0.3) is 0 Å². The molecule has 4 rings (SSSR count). The van der Waals surface area contributed by atoms with E-state index in [1.807, 2.05) is 23.1 Å². The van der Waals surface area contributed by atoms with Gasteiger partial charge in [-0.15, -0.1) is 0 Å². The van der Waals surface area contributed by atoms with Crippen molar-refractivity contribution in [3.05, 3.63) is 53.6 Å². The number of ether oxygens (including phenoxy) is 2.